The van der Waals surface area contributed by atoms with E-state index < -0.39 is 10.0 Å². The molecular weight excluding hydrogens is 266 g/mol. The molecule has 3 N–H and O–H groups in total. The molecule has 0 amide bonds. The predicted molar refractivity (Wildman–Crippen MR) is 70.4 cm³/mol. The van der Waals surface area contributed by atoms with Crippen molar-refractivity contribution >= 4 is 32.7 Å². The van der Waals surface area contributed by atoms with Gasteiger partial charge >= 0.3 is 0 Å². The van der Waals surface area contributed by atoms with Crippen LogP contribution in [0, 0.1) is 0 Å². The molecule has 96 valence electrons. The molecule has 0 heterocycles. The molecule has 0 saturated heterocycles. The first-order chi connectivity index (χ1) is 8.88. The summed E-state index contributed by atoms with van der Waals surface area (Å²) in [7, 11) is -3.82. The average Bonchev–Trinajstić information content (AvgIpc) is 2.34. The van der Waals surface area contributed by atoms with Gasteiger partial charge in [-0.2, -0.15) is 0 Å². The van der Waals surface area contributed by atoms with E-state index in [-0.39, 0.29) is 22.0 Å². The lowest BCUT2D eigenvalue weighted by atomic mass is 9.92. The Labute approximate surface area is 109 Å². The van der Waals surface area contributed by atoms with Crippen LogP contribution in [0.5, 0.6) is 5.75 Å². The topological polar surface area (TPSA) is 97.5 Å². The summed E-state index contributed by atoms with van der Waals surface area (Å²) in [5.74, 6) is -0.426. The summed E-state index contributed by atoms with van der Waals surface area (Å²) in [6.45, 7) is 0. The third-order valence-corrected chi connectivity index (χ3v) is 3.98. The van der Waals surface area contributed by atoms with E-state index in [4.69, 9.17) is 5.14 Å². The molecule has 0 aliphatic heterocycles. The highest BCUT2D eigenvalue weighted by atomic mass is 32.2. The second-order valence-electron chi connectivity index (χ2n) is 4.31. The number of rotatable bonds is 1. The van der Waals surface area contributed by atoms with E-state index in [0.29, 0.717) is 16.3 Å². The van der Waals surface area contributed by atoms with Crippen LogP contribution >= 0.6 is 0 Å². The number of phenolic OH excluding ortho intramolecular Hbond substituents is 1. The van der Waals surface area contributed by atoms with E-state index >= 15 is 0 Å². The number of sulfonamides is 1. The number of phenols is 1. The Kier molecular flexibility index (Phi) is 2.29. The lowest BCUT2D eigenvalue weighted by molar-refractivity contribution is 0.104. The van der Waals surface area contributed by atoms with Crippen LogP contribution in [0.15, 0.2) is 35.2 Å². The average molecular weight is 275 g/mol. The monoisotopic (exact) mass is 275 g/mol. The van der Waals surface area contributed by atoms with E-state index in [1.54, 1.807) is 6.07 Å². The molecule has 6 heteroatoms. The van der Waals surface area contributed by atoms with Crippen LogP contribution in [0.3, 0.4) is 0 Å². The van der Waals surface area contributed by atoms with Gasteiger partial charge in [0.25, 0.3) is 0 Å². The molecule has 19 heavy (non-hydrogen) atoms. The number of hydrogen-bond donors (Lipinski definition) is 2. The van der Waals surface area contributed by atoms with Gasteiger partial charge in [-0.1, -0.05) is 12.1 Å². The first-order valence-electron chi connectivity index (χ1n) is 5.43. The predicted octanol–water partition coefficient (Wildman–Crippen LogP) is 1.40. The highest BCUT2D eigenvalue weighted by Crippen LogP contribution is 2.35. The molecule has 2 aromatic carbocycles. The Morgan fingerprint density at radius 1 is 1.11 bits per heavy atom. The van der Waals surface area contributed by atoms with Gasteiger partial charge in [-0.3, -0.25) is 4.79 Å². The van der Waals surface area contributed by atoms with Crippen molar-refractivity contribution in [1.29, 1.82) is 0 Å². The Morgan fingerprint density at radius 3 is 2.53 bits per heavy atom. The molecule has 0 unspecified atom stereocenters. The van der Waals surface area contributed by atoms with Gasteiger partial charge in [-0.15, -0.1) is 0 Å². The number of primary sulfonamides is 1. The van der Waals surface area contributed by atoms with Crippen LogP contribution in [0.25, 0.3) is 16.8 Å². The SMILES string of the molecule is NS(=O)(=O)c1cc2c3c(c(O)ccc3c1)C(=O)C=C2. The molecule has 1 aliphatic rings. The molecular formula is C13H9NO4S. The number of benzene rings is 2. The highest BCUT2D eigenvalue weighted by Gasteiger charge is 2.21. The fraction of sp³-hybridized carbons (Fsp3) is 0. The largest absolute Gasteiger partial charge is 0.507 e. The van der Waals surface area contributed by atoms with E-state index in [0.717, 1.165) is 0 Å². The zero-order chi connectivity index (χ0) is 13.8. The van der Waals surface area contributed by atoms with Crippen LogP contribution < -0.4 is 5.14 Å². The van der Waals surface area contributed by atoms with Crippen LogP contribution in [0.4, 0.5) is 0 Å². The van der Waals surface area contributed by atoms with Crippen molar-refractivity contribution in [3.8, 4) is 5.75 Å². The molecule has 1 aliphatic carbocycles. The quantitative estimate of drug-likeness (QED) is 0.822. The Morgan fingerprint density at radius 2 is 1.84 bits per heavy atom. The van der Waals surface area contributed by atoms with Crippen LogP contribution in [0.1, 0.15) is 15.9 Å². The van der Waals surface area contributed by atoms with Gasteiger partial charge in [0.2, 0.25) is 10.0 Å². The molecule has 0 saturated carbocycles. The van der Waals surface area contributed by atoms with E-state index in [2.05, 4.69) is 0 Å². The zero-order valence-corrected chi connectivity index (χ0v) is 10.4. The lowest BCUT2D eigenvalue weighted by Gasteiger charge is -2.14. The molecule has 2 aromatic rings. The van der Waals surface area contributed by atoms with E-state index in [1.165, 1.54) is 30.4 Å². The van der Waals surface area contributed by atoms with Crippen LogP contribution in [-0.4, -0.2) is 19.3 Å². The summed E-state index contributed by atoms with van der Waals surface area (Å²) in [5, 5.41) is 16.0. The molecule has 0 aromatic heterocycles. The maximum Gasteiger partial charge on any atom is 0.238 e. The minimum atomic E-state index is -3.82. The van der Waals surface area contributed by atoms with Gasteiger partial charge in [0, 0.05) is 5.39 Å². The van der Waals surface area contributed by atoms with Crippen LogP contribution in [0.2, 0.25) is 0 Å². The fourth-order valence-corrected chi connectivity index (χ4v) is 2.84. The number of allylic oxidation sites excluding steroid dienone is 1. The number of ketones is 1. The van der Waals surface area contributed by atoms with Gasteiger partial charge in [0.15, 0.2) is 5.78 Å². The molecule has 5 nitrogen and oxygen atoms in total. The van der Waals surface area contributed by atoms with E-state index in [1.807, 2.05) is 0 Å². The number of hydrogen-bond acceptors (Lipinski definition) is 4. The first kappa shape index (κ1) is 11.9. The van der Waals surface area contributed by atoms with Crippen molar-refractivity contribution in [1.82, 2.24) is 0 Å². The van der Waals surface area contributed by atoms with Gasteiger partial charge < -0.3 is 5.11 Å². The van der Waals surface area contributed by atoms with Crippen molar-refractivity contribution in [2.24, 2.45) is 5.14 Å². The van der Waals surface area contributed by atoms with Gasteiger partial charge in [-0.25, -0.2) is 13.6 Å². The van der Waals surface area contributed by atoms with Crippen LogP contribution in [-0.2, 0) is 10.0 Å². The number of carbonyl (C=O) groups excluding carboxylic acids is 1. The second-order valence-corrected chi connectivity index (χ2v) is 5.87. The van der Waals surface area contributed by atoms with Gasteiger partial charge in [0.05, 0.1) is 10.5 Å². The maximum atomic E-state index is 11.8. The molecule has 0 fully saturated rings. The number of carbonyl (C=O) groups is 1. The molecule has 0 bridgehead atoms. The van der Waals surface area contributed by atoms with Crippen molar-refractivity contribution in [2.75, 3.05) is 0 Å². The summed E-state index contributed by atoms with van der Waals surface area (Å²) in [6, 6.07) is 5.71. The Hall–Kier alpha value is -2.18. The number of nitrogens with two attached hydrogens (primary N) is 1. The molecule has 0 radical (unpaired) electrons. The summed E-state index contributed by atoms with van der Waals surface area (Å²) in [5.41, 5.74) is 0.739. The summed E-state index contributed by atoms with van der Waals surface area (Å²) in [6.07, 6.45) is 2.82. The molecule has 3 rings (SSSR count). The zero-order valence-electron chi connectivity index (χ0n) is 9.62. The standard InChI is InChI=1S/C13H9NO4S/c14-19(17,18)9-5-7-1-3-10(15)13-11(16)4-2-8(6-9)12(7)13/h1-6,15H,(H2,14,17,18). The van der Waals surface area contributed by atoms with Crippen molar-refractivity contribution in [3.05, 3.63) is 41.5 Å². The Bertz CT molecular complexity index is 866. The Balaban J connectivity index is 2.51. The fourth-order valence-electron chi connectivity index (χ4n) is 2.25. The van der Waals surface area contributed by atoms with E-state index in [9.17, 15) is 18.3 Å². The van der Waals surface area contributed by atoms with Gasteiger partial charge in [0.1, 0.15) is 5.75 Å². The van der Waals surface area contributed by atoms with Crippen molar-refractivity contribution in [2.45, 2.75) is 4.90 Å². The first-order valence-corrected chi connectivity index (χ1v) is 6.97. The smallest absolute Gasteiger partial charge is 0.238 e. The second kappa shape index (κ2) is 3.66. The number of aromatic hydroxyl groups is 1. The van der Waals surface area contributed by atoms with Crippen molar-refractivity contribution in [3.63, 3.8) is 0 Å². The summed E-state index contributed by atoms with van der Waals surface area (Å²) < 4.78 is 22.8. The normalized spacial score (nSPS) is 14.1. The highest BCUT2D eigenvalue weighted by molar-refractivity contribution is 7.89. The molecule has 0 spiro atoms. The summed E-state index contributed by atoms with van der Waals surface area (Å²) in [4.78, 5) is 11.8. The lowest BCUT2D eigenvalue weighted by Crippen LogP contribution is -2.13. The third kappa shape index (κ3) is 1.73. The third-order valence-electron chi connectivity index (χ3n) is 3.09. The maximum absolute atomic E-state index is 11.8. The summed E-state index contributed by atoms with van der Waals surface area (Å²) >= 11 is 0. The minimum absolute atomic E-state index is 0.0226. The van der Waals surface area contributed by atoms with Gasteiger partial charge in [-0.05, 0) is 35.2 Å². The minimum Gasteiger partial charge on any atom is -0.507 e. The van der Waals surface area contributed by atoms with Crippen molar-refractivity contribution < 1.29 is 18.3 Å². The molecule has 0 atom stereocenters.